The van der Waals surface area contributed by atoms with Crippen molar-refractivity contribution < 1.29 is 0 Å². The van der Waals surface area contributed by atoms with Crippen molar-refractivity contribution in [2.24, 2.45) is 0 Å². The molecule has 17 heavy (non-hydrogen) atoms. The van der Waals surface area contributed by atoms with Crippen LogP contribution in [0.3, 0.4) is 0 Å². The molecule has 0 heterocycles. The molecule has 0 N–H and O–H groups in total. The fourth-order valence-electron chi connectivity index (χ4n) is 1.07. The Balaban J connectivity index is -0.000000285. The molecule has 0 saturated carbocycles. The fraction of sp³-hybridized carbons (Fsp3) is 0.375. The first-order valence-corrected chi connectivity index (χ1v) is 6.14. The van der Waals surface area contributed by atoms with Crippen LogP contribution in [0, 0.1) is 0 Å². The molecule has 0 fully saturated rings. The smallest absolute Gasteiger partial charge is 0.0434 e. The van der Waals surface area contributed by atoms with E-state index in [1.165, 1.54) is 11.3 Å². The molecule has 0 saturated heterocycles. The van der Waals surface area contributed by atoms with Crippen LogP contribution in [0.1, 0.15) is 33.3 Å². The van der Waals surface area contributed by atoms with Crippen molar-refractivity contribution >= 4 is 11.8 Å². The summed E-state index contributed by atoms with van der Waals surface area (Å²) >= 11 is 0. The van der Waals surface area contributed by atoms with Crippen LogP contribution >= 0.6 is 0 Å². The quantitative estimate of drug-likeness (QED) is 0.633. The molecule has 1 rings (SSSR count). The van der Waals surface area contributed by atoms with Gasteiger partial charge in [0.05, 0.1) is 0 Å². The summed E-state index contributed by atoms with van der Waals surface area (Å²) in [6, 6.07) is 8.19. The van der Waals surface area contributed by atoms with Gasteiger partial charge in [0.25, 0.3) is 0 Å². The van der Waals surface area contributed by atoms with E-state index >= 15 is 0 Å². The number of hydrogen-bond acceptors (Lipinski definition) is 1. The van der Waals surface area contributed by atoms with Crippen molar-refractivity contribution in [2.45, 2.75) is 27.7 Å². The maximum absolute atomic E-state index is 3.75. The third-order valence-corrected chi connectivity index (χ3v) is 1.64. The Labute approximate surface area is 108 Å². The van der Waals surface area contributed by atoms with Crippen LogP contribution in [0.25, 0.3) is 6.08 Å². The predicted octanol–water partition coefficient (Wildman–Crippen LogP) is 5.25. The molecule has 1 aromatic carbocycles. The lowest BCUT2D eigenvalue weighted by molar-refractivity contribution is 1.13. The molecule has 1 heteroatoms. The zero-order valence-electron chi connectivity index (χ0n) is 12.5. The van der Waals surface area contributed by atoms with Gasteiger partial charge < -0.3 is 4.90 Å². The second-order valence-corrected chi connectivity index (χ2v) is 2.66. The highest BCUT2D eigenvalue weighted by Crippen LogP contribution is 2.18. The third-order valence-electron chi connectivity index (χ3n) is 1.64. The van der Waals surface area contributed by atoms with E-state index in [1.54, 1.807) is 0 Å². The maximum Gasteiger partial charge on any atom is 0.0434 e. The molecule has 1 aromatic rings. The molecule has 0 amide bonds. The molecule has 0 aromatic heterocycles. The normalized spacial score (nSPS) is 6.94. The maximum atomic E-state index is 3.75. The van der Waals surface area contributed by atoms with Crippen molar-refractivity contribution in [3.63, 3.8) is 0 Å². The molecule has 0 spiro atoms. The molecular formula is C16H29N. The minimum Gasteiger partial charge on any atom is -0.377 e. The molecule has 0 aliphatic heterocycles. The van der Waals surface area contributed by atoms with Gasteiger partial charge in [-0.1, -0.05) is 58.5 Å². The number of para-hydroxylation sites is 1. The van der Waals surface area contributed by atoms with Crippen molar-refractivity contribution in [3.8, 4) is 0 Å². The molecule has 98 valence electrons. The number of benzene rings is 1. The summed E-state index contributed by atoms with van der Waals surface area (Å²) in [5.74, 6) is 0. The molecule has 0 aliphatic carbocycles. The minimum atomic E-state index is 1.18. The van der Waals surface area contributed by atoms with Gasteiger partial charge >= 0.3 is 0 Å². The number of hydrogen-bond donors (Lipinski definition) is 0. The van der Waals surface area contributed by atoms with E-state index in [1.807, 2.05) is 60.0 Å². The topological polar surface area (TPSA) is 3.24 Å². The highest BCUT2D eigenvalue weighted by atomic mass is 15.1. The first-order chi connectivity index (χ1) is 8.25. The van der Waals surface area contributed by atoms with E-state index in [9.17, 15) is 0 Å². The lowest BCUT2D eigenvalue weighted by Crippen LogP contribution is -2.09. The van der Waals surface area contributed by atoms with Gasteiger partial charge in [-0.3, -0.25) is 0 Å². The Bertz CT molecular complexity index is 264. The second-order valence-electron chi connectivity index (χ2n) is 2.66. The third kappa shape index (κ3) is 9.43. The van der Waals surface area contributed by atoms with E-state index in [0.717, 1.165) is 0 Å². The van der Waals surface area contributed by atoms with E-state index in [0.29, 0.717) is 0 Å². The summed E-state index contributed by atoms with van der Waals surface area (Å²) < 4.78 is 0. The molecule has 1 nitrogen and oxygen atoms in total. The lowest BCUT2D eigenvalue weighted by Gasteiger charge is -2.14. The van der Waals surface area contributed by atoms with Crippen LogP contribution in [0.2, 0.25) is 0 Å². The van der Waals surface area contributed by atoms with Crippen molar-refractivity contribution in [1.82, 2.24) is 0 Å². The molecule has 0 unspecified atom stereocenters. The number of anilines is 1. The fourth-order valence-corrected chi connectivity index (χ4v) is 1.07. The van der Waals surface area contributed by atoms with E-state index < -0.39 is 0 Å². The second kappa shape index (κ2) is 16.9. The largest absolute Gasteiger partial charge is 0.377 e. The van der Waals surface area contributed by atoms with Crippen LogP contribution in [0.4, 0.5) is 5.69 Å². The Morgan fingerprint density at radius 1 is 0.941 bits per heavy atom. The standard InChI is InChI=1S/C10H13N.2C2H6.C2H4/c1-4-9-7-5-6-8-10(9)11(2)3;3*1-2/h4-8H,1H2,2-3H3;2*1-2H3;1-2H2. The summed E-state index contributed by atoms with van der Waals surface area (Å²) in [5.41, 5.74) is 2.39. The van der Waals surface area contributed by atoms with E-state index in [-0.39, 0.29) is 0 Å². The van der Waals surface area contributed by atoms with Gasteiger partial charge in [-0.15, -0.1) is 13.2 Å². The lowest BCUT2D eigenvalue weighted by atomic mass is 10.1. The zero-order valence-corrected chi connectivity index (χ0v) is 12.5. The van der Waals surface area contributed by atoms with Gasteiger partial charge in [0.15, 0.2) is 0 Å². The number of nitrogens with zero attached hydrogens (tertiary/aromatic N) is 1. The monoisotopic (exact) mass is 235 g/mol. The van der Waals surface area contributed by atoms with E-state index in [2.05, 4.69) is 36.8 Å². The molecule has 0 radical (unpaired) electrons. The Morgan fingerprint density at radius 2 is 1.35 bits per heavy atom. The van der Waals surface area contributed by atoms with Crippen LogP contribution in [0.15, 0.2) is 44.0 Å². The van der Waals surface area contributed by atoms with Gasteiger partial charge in [0, 0.05) is 19.8 Å². The highest BCUT2D eigenvalue weighted by molar-refractivity contribution is 5.66. The summed E-state index contributed by atoms with van der Waals surface area (Å²) in [7, 11) is 4.06. The molecule has 0 aliphatic rings. The van der Waals surface area contributed by atoms with Crippen LogP contribution < -0.4 is 4.90 Å². The summed E-state index contributed by atoms with van der Waals surface area (Å²) in [4.78, 5) is 2.08. The van der Waals surface area contributed by atoms with Gasteiger partial charge in [-0.25, -0.2) is 0 Å². The first-order valence-electron chi connectivity index (χ1n) is 6.14. The van der Waals surface area contributed by atoms with Gasteiger partial charge in [-0.2, -0.15) is 0 Å². The first kappa shape index (κ1) is 20.9. The van der Waals surface area contributed by atoms with Crippen molar-refractivity contribution in [3.05, 3.63) is 49.6 Å². The average Bonchev–Trinajstić information content (AvgIpc) is 2.45. The Kier molecular flexibility index (Phi) is 20.7. The van der Waals surface area contributed by atoms with Crippen molar-refractivity contribution in [1.29, 1.82) is 0 Å². The van der Waals surface area contributed by atoms with Crippen LogP contribution in [-0.4, -0.2) is 14.1 Å². The predicted molar refractivity (Wildman–Crippen MR) is 84.8 cm³/mol. The Hall–Kier alpha value is -1.50. The van der Waals surface area contributed by atoms with E-state index in [4.69, 9.17) is 0 Å². The highest BCUT2D eigenvalue weighted by Gasteiger charge is 1.97. The average molecular weight is 235 g/mol. The van der Waals surface area contributed by atoms with Gasteiger partial charge in [0.2, 0.25) is 0 Å². The van der Waals surface area contributed by atoms with Gasteiger partial charge in [0.1, 0.15) is 0 Å². The Morgan fingerprint density at radius 3 is 1.65 bits per heavy atom. The SMILES string of the molecule is C=C.C=Cc1ccccc1N(C)C.CC.CC. The summed E-state index contributed by atoms with van der Waals surface area (Å²) in [5, 5.41) is 0. The number of rotatable bonds is 2. The molecule has 0 bridgehead atoms. The van der Waals surface area contributed by atoms with Gasteiger partial charge in [-0.05, 0) is 11.6 Å². The van der Waals surface area contributed by atoms with Crippen molar-refractivity contribution in [2.75, 3.05) is 19.0 Å². The molecule has 0 atom stereocenters. The summed E-state index contributed by atoms with van der Waals surface area (Å²) in [6.07, 6.45) is 1.87. The molecular weight excluding hydrogens is 206 g/mol. The van der Waals surface area contributed by atoms with Crippen LogP contribution in [0.5, 0.6) is 0 Å². The summed E-state index contributed by atoms with van der Waals surface area (Å²) in [6.45, 7) is 17.7. The minimum absolute atomic E-state index is 1.18. The zero-order chi connectivity index (χ0) is 14.3. The van der Waals surface area contributed by atoms with Crippen LogP contribution in [-0.2, 0) is 0 Å².